The Labute approximate surface area is 214 Å². The molecule has 0 spiro atoms. The fraction of sp³-hybridized carbons (Fsp3) is 0.214. The summed E-state index contributed by atoms with van der Waals surface area (Å²) >= 11 is 6.08. The zero-order valence-corrected chi connectivity index (χ0v) is 20.8. The zero-order chi connectivity index (χ0) is 25.4. The van der Waals surface area contributed by atoms with E-state index in [0.717, 1.165) is 27.9 Å². The predicted molar refractivity (Wildman–Crippen MR) is 139 cm³/mol. The first-order chi connectivity index (χ1) is 17.3. The lowest BCUT2D eigenvalue weighted by Crippen LogP contribution is -2.39. The molecule has 2 aromatic heterocycles. The van der Waals surface area contributed by atoms with Crippen molar-refractivity contribution in [2.45, 2.75) is 33.5 Å². The highest BCUT2D eigenvalue weighted by Gasteiger charge is 2.26. The SMILES string of the molecule is Cc1cc(Cl)ccc1Nc1cc(-c2cc3n(c2)CCN(Cc2cc(F)ccc2CO)C3=O)c(C)cn1. The maximum Gasteiger partial charge on any atom is 0.270 e. The van der Waals surface area contributed by atoms with Crippen molar-refractivity contribution in [2.24, 2.45) is 0 Å². The maximum absolute atomic E-state index is 13.8. The van der Waals surface area contributed by atoms with Crippen molar-refractivity contribution < 1.29 is 14.3 Å². The molecule has 0 saturated heterocycles. The Bertz CT molecular complexity index is 1470. The monoisotopic (exact) mass is 504 g/mol. The van der Waals surface area contributed by atoms with E-state index in [2.05, 4.69) is 10.3 Å². The van der Waals surface area contributed by atoms with Crippen LogP contribution in [-0.4, -0.2) is 32.0 Å². The highest BCUT2D eigenvalue weighted by atomic mass is 35.5. The van der Waals surface area contributed by atoms with Crippen molar-refractivity contribution in [1.29, 1.82) is 0 Å². The molecule has 0 saturated carbocycles. The van der Waals surface area contributed by atoms with Gasteiger partial charge in [-0.1, -0.05) is 17.7 Å². The van der Waals surface area contributed by atoms with Crippen LogP contribution in [0.4, 0.5) is 15.9 Å². The first-order valence-corrected chi connectivity index (χ1v) is 12.1. The van der Waals surface area contributed by atoms with E-state index in [1.165, 1.54) is 12.1 Å². The van der Waals surface area contributed by atoms with Crippen LogP contribution in [0.2, 0.25) is 5.02 Å². The lowest BCUT2D eigenvalue weighted by atomic mass is 10.0. The van der Waals surface area contributed by atoms with Gasteiger partial charge in [0.05, 0.1) is 6.61 Å². The Morgan fingerprint density at radius 3 is 2.67 bits per heavy atom. The fourth-order valence-electron chi connectivity index (χ4n) is 4.57. The fourth-order valence-corrected chi connectivity index (χ4v) is 4.80. The first kappa shape index (κ1) is 24.0. The van der Waals surface area contributed by atoms with Crippen LogP contribution >= 0.6 is 11.6 Å². The molecular formula is C28H26ClFN4O2. The second-order valence-corrected chi connectivity index (χ2v) is 9.51. The van der Waals surface area contributed by atoms with Crippen molar-refractivity contribution in [1.82, 2.24) is 14.5 Å². The molecule has 4 aromatic rings. The van der Waals surface area contributed by atoms with E-state index >= 15 is 0 Å². The molecule has 1 aliphatic rings. The number of hydrogen-bond acceptors (Lipinski definition) is 4. The second kappa shape index (κ2) is 9.76. The van der Waals surface area contributed by atoms with Crippen LogP contribution in [0.15, 0.2) is 60.9 Å². The average molecular weight is 505 g/mol. The molecule has 1 amide bonds. The summed E-state index contributed by atoms with van der Waals surface area (Å²) in [6.07, 6.45) is 3.81. The number of aliphatic hydroxyl groups excluding tert-OH is 1. The van der Waals surface area contributed by atoms with Crippen LogP contribution in [0.3, 0.4) is 0 Å². The number of anilines is 2. The summed E-state index contributed by atoms with van der Waals surface area (Å²) in [6, 6.07) is 13.8. The normalized spacial score (nSPS) is 13.1. The van der Waals surface area contributed by atoms with Crippen molar-refractivity contribution in [3.8, 4) is 11.1 Å². The molecule has 0 radical (unpaired) electrons. The summed E-state index contributed by atoms with van der Waals surface area (Å²) in [5.41, 5.74) is 6.65. The number of aryl methyl sites for hydroxylation is 2. The Kier molecular flexibility index (Phi) is 6.51. The van der Waals surface area contributed by atoms with Gasteiger partial charge in [0.2, 0.25) is 0 Å². The van der Waals surface area contributed by atoms with Crippen molar-refractivity contribution >= 4 is 29.0 Å². The molecule has 0 bridgehead atoms. The number of benzene rings is 2. The number of carbonyl (C=O) groups excluding carboxylic acids is 1. The van der Waals surface area contributed by atoms with Crippen LogP contribution in [0.25, 0.3) is 11.1 Å². The molecule has 36 heavy (non-hydrogen) atoms. The number of carbonyl (C=O) groups is 1. The number of amides is 1. The number of aromatic nitrogens is 2. The smallest absolute Gasteiger partial charge is 0.270 e. The molecule has 6 nitrogen and oxygen atoms in total. The van der Waals surface area contributed by atoms with Gasteiger partial charge in [-0.25, -0.2) is 9.37 Å². The standard InChI is InChI=1S/C28H26ClFN4O2/c1-17-9-22(29)4-6-25(17)32-27-12-24(18(2)13-31-27)21-11-26-28(36)34(8-7-33(26)15-21)14-20-10-23(30)5-3-19(20)16-35/h3-6,9-13,15,35H,7-8,14,16H2,1-2H3,(H,31,32). The minimum absolute atomic E-state index is 0.123. The summed E-state index contributed by atoms with van der Waals surface area (Å²) in [5, 5.41) is 13.6. The molecule has 0 aliphatic carbocycles. The minimum atomic E-state index is -0.385. The third kappa shape index (κ3) is 4.72. The van der Waals surface area contributed by atoms with Gasteiger partial charge in [0, 0.05) is 48.3 Å². The molecule has 8 heteroatoms. The van der Waals surface area contributed by atoms with Crippen LogP contribution < -0.4 is 5.32 Å². The number of rotatable bonds is 6. The van der Waals surface area contributed by atoms with Crippen molar-refractivity contribution in [3.05, 3.63) is 99.7 Å². The van der Waals surface area contributed by atoms with Gasteiger partial charge >= 0.3 is 0 Å². The zero-order valence-electron chi connectivity index (χ0n) is 20.1. The van der Waals surface area contributed by atoms with Gasteiger partial charge < -0.3 is 19.9 Å². The molecule has 0 unspecified atom stereocenters. The first-order valence-electron chi connectivity index (χ1n) is 11.7. The summed E-state index contributed by atoms with van der Waals surface area (Å²) in [7, 11) is 0. The Morgan fingerprint density at radius 1 is 1.06 bits per heavy atom. The van der Waals surface area contributed by atoms with Gasteiger partial charge in [-0.15, -0.1) is 0 Å². The van der Waals surface area contributed by atoms with Gasteiger partial charge in [-0.3, -0.25) is 4.79 Å². The number of pyridine rings is 1. The van der Waals surface area contributed by atoms with E-state index in [0.29, 0.717) is 40.8 Å². The number of nitrogens with zero attached hydrogens (tertiary/aromatic N) is 3. The number of hydrogen-bond donors (Lipinski definition) is 2. The topological polar surface area (TPSA) is 70.4 Å². The van der Waals surface area contributed by atoms with E-state index in [9.17, 15) is 14.3 Å². The number of fused-ring (bicyclic) bond motifs is 1. The molecule has 3 heterocycles. The Hall–Kier alpha value is -3.68. The second-order valence-electron chi connectivity index (χ2n) is 9.07. The van der Waals surface area contributed by atoms with E-state index in [1.54, 1.807) is 11.0 Å². The summed E-state index contributed by atoms with van der Waals surface area (Å²) in [5.74, 6) is 0.187. The molecule has 5 rings (SSSR count). The predicted octanol–water partition coefficient (Wildman–Crippen LogP) is 5.85. The van der Waals surface area contributed by atoms with Gasteiger partial charge in [-0.05, 0) is 84.1 Å². The molecule has 2 N–H and O–H groups in total. The summed E-state index contributed by atoms with van der Waals surface area (Å²) in [6.45, 7) is 5.14. The van der Waals surface area contributed by atoms with Crippen LogP contribution in [0, 0.1) is 19.7 Å². The molecular weight excluding hydrogens is 479 g/mol. The molecule has 184 valence electrons. The van der Waals surface area contributed by atoms with Crippen molar-refractivity contribution in [2.75, 3.05) is 11.9 Å². The third-order valence-corrected chi connectivity index (χ3v) is 6.81. The van der Waals surface area contributed by atoms with Gasteiger partial charge in [0.15, 0.2) is 0 Å². The van der Waals surface area contributed by atoms with Gasteiger partial charge in [0.1, 0.15) is 17.3 Å². The lowest BCUT2D eigenvalue weighted by molar-refractivity contribution is 0.0689. The van der Waals surface area contributed by atoms with Crippen LogP contribution in [0.1, 0.15) is 32.7 Å². The number of halogens is 2. The van der Waals surface area contributed by atoms with E-state index < -0.39 is 0 Å². The number of aliphatic hydroxyl groups is 1. The average Bonchev–Trinajstić information content (AvgIpc) is 3.29. The van der Waals surface area contributed by atoms with Crippen LogP contribution in [-0.2, 0) is 19.7 Å². The van der Waals surface area contributed by atoms with Gasteiger partial charge in [-0.2, -0.15) is 0 Å². The summed E-state index contributed by atoms with van der Waals surface area (Å²) < 4.78 is 15.8. The Morgan fingerprint density at radius 2 is 1.89 bits per heavy atom. The van der Waals surface area contributed by atoms with Crippen LogP contribution in [0.5, 0.6) is 0 Å². The maximum atomic E-state index is 13.8. The van der Waals surface area contributed by atoms with Gasteiger partial charge in [0.25, 0.3) is 5.91 Å². The molecule has 0 atom stereocenters. The Balaban J connectivity index is 1.41. The molecule has 1 aliphatic heterocycles. The van der Waals surface area contributed by atoms with E-state index in [-0.39, 0.29) is 24.9 Å². The minimum Gasteiger partial charge on any atom is -0.392 e. The molecule has 0 fully saturated rings. The summed E-state index contributed by atoms with van der Waals surface area (Å²) in [4.78, 5) is 19.5. The molecule has 2 aromatic carbocycles. The highest BCUT2D eigenvalue weighted by molar-refractivity contribution is 6.30. The largest absolute Gasteiger partial charge is 0.392 e. The van der Waals surface area contributed by atoms with Crippen molar-refractivity contribution in [3.63, 3.8) is 0 Å². The number of nitrogens with one attached hydrogen (secondary N) is 1. The van der Waals surface area contributed by atoms with E-state index in [4.69, 9.17) is 11.6 Å². The quantitative estimate of drug-likeness (QED) is 0.345. The highest BCUT2D eigenvalue weighted by Crippen LogP contribution is 2.31. The third-order valence-electron chi connectivity index (χ3n) is 6.58. The lowest BCUT2D eigenvalue weighted by Gasteiger charge is -2.29. The van der Waals surface area contributed by atoms with E-state index in [1.807, 2.05) is 61.1 Å².